The maximum atomic E-state index is 12.4. The van der Waals surface area contributed by atoms with E-state index in [2.05, 4.69) is 26.5 Å². The first kappa shape index (κ1) is 21.7. The Bertz CT molecular complexity index is 1070. The van der Waals surface area contributed by atoms with Gasteiger partial charge in [-0.05, 0) is 66.5 Å². The van der Waals surface area contributed by atoms with Gasteiger partial charge in [-0.3, -0.25) is 4.79 Å². The summed E-state index contributed by atoms with van der Waals surface area (Å²) in [7, 11) is 1.55. The van der Waals surface area contributed by atoms with Crippen LogP contribution in [0.25, 0.3) is 11.0 Å². The molecule has 7 nitrogen and oxygen atoms in total. The highest BCUT2D eigenvalue weighted by atomic mass is 79.9. The number of benzene rings is 2. The Morgan fingerprint density at radius 3 is 2.77 bits per heavy atom. The van der Waals surface area contributed by atoms with Crippen LogP contribution in [0.1, 0.15) is 36.9 Å². The quantitative estimate of drug-likeness (QED) is 0.360. The Balaban J connectivity index is 1.77. The number of amides is 1. The topological polar surface area (TPSA) is 82.3 Å². The summed E-state index contributed by atoms with van der Waals surface area (Å²) in [5, 5.41) is 4.80. The highest BCUT2D eigenvalue weighted by Gasteiger charge is 2.15. The second-order valence-electron chi connectivity index (χ2n) is 6.62. The van der Waals surface area contributed by atoms with Crippen molar-refractivity contribution in [2.45, 2.75) is 26.9 Å². The molecule has 0 spiro atoms. The molecule has 3 aromatic rings. The SMILES string of the molecule is CCOc1cc(/C=N\NC(=O)c2cc3cccc(OC)c3o2)cc(Br)c1OC(C)C. The Labute approximate surface area is 183 Å². The standard InChI is InChI=1S/C22H23BrN2O5/c1-5-28-18-10-14(9-16(23)21(18)29-13(2)3)12-24-25-22(26)19-11-15-7-6-8-17(27-4)20(15)30-19/h6-13H,5H2,1-4H3,(H,25,26)/b24-12-. The number of halogens is 1. The molecule has 30 heavy (non-hydrogen) atoms. The van der Waals surface area contributed by atoms with Crippen molar-refractivity contribution in [1.29, 1.82) is 0 Å². The predicted octanol–water partition coefficient (Wildman–Crippen LogP) is 5.15. The molecule has 1 heterocycles. The first-order valence-corrected chi connectivity index (χ1v) is 10.2. The molecular formula is C22H23BrN2O5. The second-order valence-corrected chi connectivity index (χ2v) is 7.47. The van der Waals surface area contributed by atoms with Crippen molar-refractivity contribution in [2.24, 2.45) is 5.10 Å². The van der Waals surface area contributed by atoms with Crippen molar-refractivity contribution in [1.82, 2.24) is 5.43 Å². The normalized spacial score (nSPS) is 11.3. The number of rotatable bonds is 8. The van der Waals surface area contributed by atoms with Crippen LogP contribution in [0.4, 0.5) is 0 Å². The van der Waals surface area contributed by atoms with Gasteiger partial charge in [-0.25, -0.2) is 5.43 Å². The van der Waals surface area contributed by atoms with Gasteiger partial charge in [0.25, 0.3) is 0 Å². The number of furan rings is 1. The number of nitrogens with one attached hydrogen (secondary N) is 1. The summed E-state index contributed by atoms with van der Waals surface area (Å²) in [6.07, 6.45) is 1.52. The molecule has 0 aliphatic heterocycles. The van der Waals surface area contributed by atoms with Gasteiger partial charge in [0.15, 0.2) is 28.6 Å². The van der Waals surface area contributed by atoms with Crippen LogP contribution in [-0.4, -0.2) is 31.9 Å². The van der Waals surface area contributed by atoms with Crippen LogP contribution >= 0.6 is 15.9 Å². The molecule has 3 rings (SSSR count). The lowest BCUT2D eigenvalue weighted by Gasteiger charge is -2.16. The van der Waals surface area contributed by atoms with E-state index >= 15 is 0 Å². The van der Waals surface area contributed by atoms with Gasteiger partial charge >= 0.3 is 5.91 Å². The van der Waals surface area contributed by atoms with Gasteiger partial charge in [-0.15, -0.1) is 0 Å². The van der Waals surface area contributed by atoms with Crippen LogP contribution in [-0.2, 0) is 0 Å². The lowest BCUT2D eigenvalue weighted by molar-refractivity contribution is 0.0929. The number of hydrogen-bond donors (Lipinski definition) is 1. The van der Waals surface area contributed by atoms with Crippen molar-refractivity contribution in [3.05, 3.63) is 52.2 Å². The van der Waals surface area contributed by atoms with E-state index in [4.69, 9.17) is 18.6 Å². The fourth-order valence-electron chi connectivity index (χ4n) is 2.80. The molecule has 0 saturated heterocycles. The molecule has 0 bridgehead atoms. The van der Waals surface area contributed by atoms with Crippen LogP contribution in [0.3, 0.4) is 0 Å². The second kappa shape index (κ2) is 9.67. The van der Waals surface area contributed by atoms with Crippen molar-refractivity contribution >= 4 is 39.0 Å². The summed E-state index contributed by atoms with van der Waals surface area (Å²) in [5.74, 6) is 1.46. The number of methoxy groups -OCH3 is 1. The minimum absolute atomic E-state index is 0.00162. The number of fused-ring (bicyclic) bond motifs is 1. The maximum Gasteiger partial charge on any atom is 0.307 e. The van der Waals surface area contributed by atoms with Gasteiger partial charge in [-0.2, -0.15) is 5.10 Å². The van der Waals surface area contributed by atoms with Crippen molar-refractivity contribution in [3.63, 3.8) is 0 Å². The molecule has 8 heteroatoms. The van der Waals surface area contributed by atoms with Crippen molar-refractivity contribution in [2.75, 3.05) is 13.7 Å². The minimum Gasteiger partial charge on any atom is -0.493 e. The van der Waals surface area contributed by atoms with Crippen molar-refractivity contribution in [3.8, 4) is 17.2 Å². The van der Waals surface area contributed by atoms with Gasteiger partial charge in [0.2, 0.25) is 0 Å². The molecule has 0 atom stereocenters. The van der Waals surface area contributed by atoms with Crippen LogP contribution in [0, 0.1) is 0 Å². The molecule has 1 amide bonds. The van der Waals surface area contributed by atoms with Crippen LogP contribution in [0.15, 0.2) is 50.4 Å². The van der Waals surface area contributed by atoms with E-state index in [1.807, 2.05) is 39.0 Å². The van der Waals surface area contributed by atoms with Gasteiger partial charge in [0.1, 0.15) is 0 Å². The molecule has 0 saturated carbocycles. The molecule has 1 aromatic heterocycles. The van der Waals surface area contributed by atoms with Crippen LogP contribution in [0.5, 0.6) is 17.2 Å². The Morgan fingerprint density at radius 1 is 1.27 bits per heavy atom. The Morgan fingerprint density at radius 2 is 2.07 bits per heavy atom. The third kappa shape index (κ3) is 4.94. The number of ether oxygens (including phenoxy) is 3. The highest BCUT2D eigenvalue weighted by Crippen LogP contribution is 2.37. The fraction of sp³-hybridized carbons (Fsp3) is 0.273. The number of hydrogen-bond acceptors (Lipinski definition) is 6. The molecule has 1 N–H and O–H groups in total. The first-order valence-electron chi connectivity index (χ1n) is 9.45. The number of carbonyl (C=O) groups excluding carboxylic acids is 1. The zero-order valence-electron chi connectivity index (χ0n) is 17.2. The predicted molar refractivity (Wildman–Crippen MR) is 119 cm³/mol. The minimum atomic E-state index is -0.464. The Hall–Kier alpha value is -3.00. The number of hydrazone groups is 1. The summed E-state index contributed by atoms with van der Waals surface area (Å²) >= 11 is 3.51. The number of para-hydroxylation sites is 1. The molecule has 0 aliphatic carbocycles. The van der Waals surface area contributed by atoms with E-state index in [0.717, 1.165) is 15.4 Å². The van der Waals surface area contributed by atoms with E-state index in [-0.39, 0.29) is 11.9 Å². The van der Waals surface area contributed by atoms with Crippen LogP contribution in [0.2, 0.25) is 0 Å². The summed E-state index contributed by atoms with van der Waals surface area (Å²) in [6, 6.07) is 10.7. The fourth-order valence-corrected chi connectivity index (χ4v) is 3.36. The first-order chi connectivity index (χ1) is 14.4. The largest absolute Gasteiger partial charge is 0.493 e. The zero-order chi connectivity index (χ0) is 21.7. The molecule has 0 radical (unpaired) electrons. The third-order valence-electron chi connectivity index (χ3n) is 4.02. The van der Waals surface area contributed by atoms with Crippen molar-refractivity contribution < 1.29 is 23.4 Å². The summed E-state index contributed by atoms with van der Waals surface area (Å²) < 4.78 is 23.1. The van der Waals surface area contributed by atoms with Gasteiger partial charge in [0, 0.05) is 5.39 Å². The average molecular weight is 475 g/mol. The third-order valence-corrected chi connectivity index (χ3v) is 4.61. The lowest BCUT2D eigenvalue weighted by Crippen LogP contribution is -2.16. The molecule has 158 valence electrons. The average Bonchev–Trinajstić information content (AvgIpc) is 3.15. The van der Waals surface area contributed by atoms with Crippen LogP contribution < -0.4 is 19.6 Å². The number of nitrogens with zero attached hydrogens (tertiary/aromatic N) is 1. The molecule has 2 aromatic carbocycles. The summed E-state index contributed by atoms with van der Waals surface area (Å²) in [4.78, 5) is 12.4. The molecule has 0 fully saturated rings. The zero-order valence-corrected chi connectivity index (χ0v) is 18.8. The van der Waals surface area contributed by atoms with E-state index in [0.29, 0.717) is 29.4 Å². The van der Waals surface area contributed by atoms with E-state index in [9.17, 15) is 4.79 Å². The van der Waals surface area contributed by atoms with E-state index in [1.54, 1.807) is 25.3 Å². The monoisotopic (exact) mass is 474 g/mol. The van der Waals surface area contributed by atoms with E-state index < -0.39 is 5.91 Å². The smallest absolute Gasteiger partial charge is 0.307 e. The summed E-state index contributed by atoms with van der Waals surface area (Å²) in [6.45, 7) is 6.28. The van der Waals surface area contributed by atoms with Gasteiger partial charge in [0.05, 0.1) is 30.5 Å². The highest BCUT2D eigenvalue weighted by molar-refractivity contribution is 9.10. The van der Waals surface area contributed by atoms with Gasteiger partial charge < -0.3 is 18.6 Å². The molecule has 0 unspecified atom stereocenters. The molecular weight excluding hydrogens is 452 g/mol. The molecule has 0 aliphatic rings. The van der Waals surface area contributed by atoms with E-state index in [1.165, 1.54) is 6.21 Å². The lowest BCUT2D eigenvalue weighted by atomic mass is 10.2. The maximum absolute atomic E-state index is 12.4. The number of carbonyl (C=O) groups is 1. The van der Waals surface area contributed by atoms with Gasteiger partial charge in [-0.1, -0.05) is 12.1 Å². The Kier molecular flexibility index (Phi) is 6.99. The summed E-state index contributed by atoms with van der Waals surface area (Å²) in [5.41, 5.74) is 3.72.